The second-order valence-corrected chi connectivity index (χ2v) is 13.8. The Morgan fingerprint density at radius 2 is 1.23 bits per heavy atom. The first-order valence-electron chi connectivity index (χ1n) is 14.8. The summed E-state index contributed by atoms with van der Waals surface area (Å²) in [7, 11) is 0. The van der Waals surface area contributed by atoms with E-state index >= 15 is 4.79 Å². The Morgan fingerprint density at radius 3 is 1.89 bits per heavy atom. The molecular weight excluding hydrogens is 670 g/mol. The van der Waals surface area contributed by atoms with Gasteiger partial charge in [-0.2, -0.15) is 0 Å². The van der Waals surface area contributed by atoms with E-state index in [1.54, 1.807) is 0 Å². The number of rotatable bonds is 5. The highest BCUT2D eigenvalue weighted by molar-refractivity contribution is 9.10. The van der Waals surface area contributed by atoms with Gasteiger partial charge in [-0.15, -0.1) is 0 Å². The Hall–Kier alpha value is -3.99. The molecule has 44 heavy (non-hydrogen) atoms. The van der Waals surface area contributed by atoms with Crippen molar-refractivity contribution >= 4 is 60.2 Å². The summed E-state index contributed by atoms with van der Waals surface area (Å²) >= 11 is 7.20. The monoisotopic (exact) mass is 699 g/mol. The molecule has 7 rings (SSSR count). The van der Waals surface area contributed by atoms with Gasteiger partial charge in [0.15, 0.2) is 5.78 Å². The lowest BCUT2D eigenvalue weighted by Crippen LogP contribution is -2.61. The van der Waals surface area contributed by atoms with Gasteiger partial charge in [-0.3, -0.25) is 4.79 Å². The zero-order valence-electron chi connectivity index (χ0n) is 24.5. The zero-order valence-corrected chi connectivity index (χ0v) is 27.7. The minimum absolute atomic E-state index is 0.0977. The van der Waals surface area contributed by atoms with Crippen LogP contribution in [-0.2, 0) is 5.41 Å². The molecule has 4 heteroatoms. The molecule has 2 aliphatic rings. The second kappa shape index (κ2) is 11.2. The number of carbonyl (C=O) groups is 1. The Morgan fingerprint density at radius 1 is 0.659 bits per heavy atom. The van der Waals surface area contributed by atoms with E-state index in [1.807, 2.05) is 36.4 Å². The fourth-order valence-electron chi connectivity index (χ4n) is 7.22. The first-order valence-corrected chi connectivity index (χ1v) is 16.4. The Labute approximate surface area is 276 Å². The molecule has 0 fully saturated rings. The zero-order chi connectivity index (χ0) is 30.5. The molecular formula is C40H31Br2NO. The van der Waals surface area contributed by atoms with Crippen LogP contribution in [0.2, 0.25) is 0 Å². The number of halogens is 2. The van der Waals surface area contributed by atoms with Crippen molar-refractivity contribution in [2.45, 2.75) is 24.8 Å². The number of hydrogen-bond donors (Lipinski definition) is 0. The van der Waals surface area contributed by atoms with Gasteiger partial charge in [0.1, 0.15) is 0 Å². The summed E-state index contributed by atoms with van der Waals surface area (Å²) in [5.41, 5.74) is 7.10. The van der Waals surface area contributed by atoms with E-state index in [0.717, 1.165) is 42.6 Å². The molecule has 5 aromatic rings. The van der Waals surface area contributed by atoms with Gasteiger partial charge in [-0.1, -0.05) is 137 Å². The van der Waals surface area contributed by atoms with Crippen LogP contribution in [0.25, 0.3) is 11.1 Å². The lowest BCUT2D eigenvalue weighted by atomic mass is 9.57. The number of carbonyl (C=O) groups excluding carboxylic acids is 1. The van der Waals surface area contributed by atoms with Crippen molar-refractivity contribution in [3.63, 3.8) is 0 Å². The number of allylic oxidation sites excluding steroid dienone is 2. The Balaban J connectivity index is 1.60. The van der Waals surface area contributed by atoms with Crippen LogP contribution in [0.4, 0.5) is 11.4 Å². The lowest BCUT2D eigenvalue weighted by Gasteiger charge is -2.53. The molecule has 1 spiro atoms. The van der Waals surface area contributed by atoms with Crippen molar-refractivity contribution in [2.24, 2.45) is 5.92 Å². The maximum absolute atomic E-state index is 15.2. The summed E-state index contributed by atoms with van der Waals surface area (Å²) in [6.45, 7) is 4.61. The van der Waals surface area contributed by atoms with Crippen LogP contribution in [0.3, 0.4) is 0 Å². The molecule has 1 aliphatic heterocycles. The van der Waals surface area contributed by atoms with Gasteiger partial charge in [-0.05, 0) is 82.5 Å². The van der Waals surface area contributed by atoms with E-state index in [-0.39, 0.29) is 5.78 Å². The van der Waals surface area contributed by atoms with Crippen LogP contribution in [-0.4, -0.2) is 11.3 Å². The minimum Gasteiger partial charge on any atom is -0.330 e. The first kappa shape index (κ1) is 28.8. The molecule has 0 bridgehead atoms. The van der Waals surface area contributed by atoms with Gasteiger partial charge in [0.05, 0.1) is 11.5 Å². The van der Waals surface area contributed by atoms with E-state index < -0.39 is 16.9 Å². The molecule has 0 N–H and O–H groups in total. The number of benzene rings is 5. The van der Waals surface area contributed by atoms with E-state index in [9.17, 15) is 0 Å². The molecule has 0 saturated carbocycles. The summed E-state index contributed by atoms with van der Waals surface area (Å²) in [5, 5.41) is 0. The van der Waals surface area contributed by atoms with Crippen LogP contribution in [0.15, 0.2) is 155 Å². The molecule has 2 atom stereocenters. The van der Waals surface area contributed by atoms with Crippen molar-refractivity contribution in [1.82, 2.24) is 0 Å². The quantitative estimate of drug-likeness (QED) is 0.170. The predicted octanol–water partition coefficient (Wildman–Crippen LogP) is 11.1. The molecule has 0 amide bonds. The maximum atomic E-state index is 15.2. The van der Waals surface area contributed by atoms with Crippen LogP contribution in [0, 0.1) is 5.92 Å². The first-order chi connectivity index (χ1) is 21.3. The topological polar surface area (TPSA) is 20.3 Å². The molecule has 0 unspecified atom stereocenters. The minimum atomic E-state index is -0.787. The molecule has 0 radical (unpaired) electrons. The SMILES string of the molecule is CC1(C)c2ccccc2N(c2ccccc2)[C@]12C=C(c1ccc(Br)cc1)C=C(c1ccccc1)[C@@H]2C(=O)c1ccc(Br)cc1. The van der Waals surface area contributed by atoms with Crippen molar-refractivity contribution < 1.29 is 4.79 Å². The van der Waals surface area contributed by atoms with Crippen molar-refractivity contribution in [3.8, 4) is 0 Å². The van der Waals surface area contributed by atoms with Crippen LogP contribution >= 0.6 is 31.9 Å². The summed E-state index contributed by atoms with van der Waals surface area (Å²) in [6, 6.07) is 45.9. The predicted molar refractivity (Wildman–Crippen MR) is 189 cm³/mol. The normalized spacial score (nSPS) is 20.2. The van der Waals surface area contributed by atoms with Gasteiger partial charge in [0, 0.05) is 31.3 Å². The lowest BCUT2D eigenvalue weighted by molar-refractivity contribution is 0.0888. The number of ketones is 1. The number of fused-ring (bicyclic) bond motifs is 1. The third-order valence-electron chi connectivity index (χ3n) is 9.32. The van der Waals surface area contributed by atoms with E-state index in [1.165, 1.54) is 5.56 Å². The molecule has 5 aromatic carbocycles. The van der Waals surface area contributed by atoms with E-state index in [4.69, 9.17) is 0 Å². The summed E-state index contributed by atoms with van der Waals surface area (Å²) in [5.74, 6) is -0.423. The molecule has 0 saturated heterocycles. The highest BCUT2D eigenvalue weighted by Gasteiger charge is 2.63. The maximum Gasteiger partial charge on any atom is 0.173 e. The number of para-hydroxylation sites is 2. The molecule has 2 nitrogen and oxygen atoms in total. The second-order valence-electron chi connectivity index (χ2n) is 12.0. The summed E-state index contributed by atoms with van der Waals surface area (Å²) in [4.78, 5) is 17.7. The van der Waals surface area contributed by atoms with Crippen LogP contribution < -0.4 is 4.90 Å². The highest BCUT2D eigenvalue weighted by Crippen LogP contribution is 2.63. The van der Waals surface area contributed by atoms with Crippen LogP contribution in [0.1, 0.15) is 40.9 Å². The van der Waals surface area contributed by atoms with Gasteiger partial charge < -0.3 is 4.90 Å². The molecule has 1 heterocycles. The highest BCUT2D eigenvalue weighted by atomic mass is 79.9. The molecule has 216 valence electrons. The number of Topliss-reactive ketones (excluding diaryl/α,β-unsaturated/α-hetero) is 1. The smallest absolute Gasteiger partial charge is 0.173 e. The molecule has 1 aliphatic carbocycles. The van der Waals surface area contributed by atoms with Gasteiger partial charge in [0.25, 0.3) is 0 Å². The number of anilines is 2. The van der Waals surface area contributed by atoms with Crippen LogP contribution in [0.5, 0.6) is 0 Å². The average molecular weight is 702 g/mol. The van der Waals surface area contributed by atoms with Crippen molar-refractivity contribution in [3.05, 3.63) is 177 Å². The van der Waals surface area contributed by atoms with Gasteiger partial charge >= 0.3 is 0 Å². The standard InChI is InChI=1S/C40H31Br2NO/c1-39(2)35-15-9-10-16-36(35)43(33-13-7-4-8-14-33)40(39)26-30(27-17-21-31(41)22-18-27)25-34(28-11-5-3-6-12-28)37(40)38(44)29-19-23-32(42)24-20-29/h3-26,37H,1-2H3/t37-,40+/m1/s1. The van der Waals surface area contributed by atoms with E-state index in [2.05, 4.69) is 160 Å². The fourth-order valence-corrected chi connectivity index (χ4v) is 7.75. The van der Waals surface area contributed by atoms with Gasteiger partial charge in [-0.25, -0.2) is 0 Å². The van der Waals surface area contributed by atoms with Gasteiger partial charge in [0.2, 0.25) is 0 Å². The Kier molecular flexibility index (Phi) is 7.31. The summed E-state index contributed by atoms with van der Waals surface area (Å²) < 4.78 is 1.98. The van der Waals surface area contributed by atoms with Crippen molar-refractivity contribution in [2.75, 3.05) is 4.90 Å². The van der Waals surface area contributed by atoms with Crippen molar-refractivity contribution in [1.29, 1.82) is 0 Å². The number of nitrogens with zero attached hydrogens (tertiary/aromatic N) is 1. The summed E-state index contributed by atoms with van der Waals surface area (Å²) in [6.07, 6.45) is 4.63. The molecule has 0 aromatic heterocycles. The third-order valence-corrected chi connectivity index (χ3v) is 10.4. The average Bonchev–Trinajstić information content (AvgIpc) is 3.24. The largest absolute Gasteiger partial charge is 0.330 e. The third kappa shape index (κ3) is 4.55. The van der Waals surface area contributed by atoms with E-state index in [0.29, 0.717) is 5.56 Å². The number of hydrogen-bond acceptors (Lipinski definition) is 2. The fraction of sp³-hybridized carbons (Fsp3) is 0.125. The Bertz CT molecular complexity index is 1910.